The number of hydrazone groups is 1. The van der Waals surface area contributed by atoms with Gasteiger partial charge in [0.25, 0.3) is 0 Å². The van der Waals surface area contributed by atoms with Gasteiger partial charge in [0.15, 0.2) is 11.5 Å². The van der Waals surface area contributed by atoms with Crippen molar-refractivity contribution in [2.75, 3.05) is 12.5 Å². The van der Waals surface area contributed by atoms with Gasteiger partial charge in [-0.2, -0.15) is 5.10 Å². The van der Waals surface area contributed by atoms with Crippen LogP contribution in [0.5, 0.6) is 11.5 Å². The number of carbonyl (C=O) groups is 1. The van der Waals surface area contributed by atoms with Crippen LogP contribution in [0.15, 0.2) is 65.1 Å². The molecule has 0 spiro atoms. The molecule has 0 fully saturated rings. The molecule has 0 aliphatic carbocycles. The number of thiazole rings is 1. The molecule has 6 nitrogen and oxygen atoms in total. The molecule has 4 aromatic rings. The van der Waals surface area contributed by atoms with Crippen molar-refractivity contribution in [2.45, 2.75) is 0 Å². The van der Waals surface area contributed by atoms with E-state index in [1.54, 1.807) is 42.6 Å². The van der Waals surface area contributed by atoms with E-state index >= 15 is 0 Å². The molecule has 0 amide bonds. The first-order valence-corrected chi connectivity index (χ1v) is 12.3. The molecule has 0 saturated carbocycles. The lowest BCUT2D eigenvalue weighted by Crippen LogP contribution is -2.10. The fourth-order valence-electron chi connectivity index (χ4n) is 2.97. The van der Waals surface area contributed by atoms with E-state index in [2.05, 4.69) is 15.5 Å². The minimum atomic E-state index is -0.631. The van der Waals surface area contributed by atoms with Crippen LogP contribution < -0.4 is 14.9 Å². The predicted molar refractivity (Wildman–Crippen MR) is 143 cm³/mol. The predicted octanol–water partition coefficient (Wildman–Crippen LogP) is 8.10. The molecule has 0 bridgehead atoms. The summed E-state index contributed by atoms with van der Waals surface area (Å²) >= 11 is 25.6. The summed E-state index contributed by atoms with van der Waals surface area (Å²) in [6, 6.07) is 14.8. The Morgan fingerprint density at radius 3 is 2.43 bits per heavy atom. The summed E-state index contributed by atoms with van der Waals surface area (Å²) in [5.41, 5.74) is 5.27. The van der Waals surface area contributed by atoms with E-state index < -0.39 is 5.97 Å². The highest BCUT2D eigenvalue weighted by Crippen LogP contribution is 2.33. The Bertz CT molecular complexity index is 1430. The Hall–Kier alpha value is -2.81. The van der Waals surface area contributed by atoms with E-state index in [0.717, 1.165) is 5.56 Å². The highest BCUT2D eigenvalue weighted by molar-refractivity contribution is 7.14. The first-order valence-electron chi connectivity index (χ1n) is 9.89. The second-order valence-electron chi connectivity index (χ2n) is 6.96. The highest BCUT2D eigenvalue weighted by Gasteiger charge is 2.16. The van der Waals surface area contributed by atoms with Gasteiger partial charge in [-0.05, 0) is 60.2 Å². The summed E-state index contributed by atoms with van der Waals surface area (Å²) in [6.07, 6.45) is 1.58. The number of anilines is 1. The van der Waals surface area contributed by atoms with Gasteiger partial charge in [-0.3, -0.25) is 5.43 Å². The molecule has 0 aliphatic rings. The summed E-state index contributed by atoms with van der Waals surface area (Å²) in [5, 5.41) is 8.35. The molecular weight excluding hydrogens is 552 g/mol. The molecule has 1 aromatic heterocycles. The average molecular weight is 567 g/mol. The van der Waals surface area contributed by atoms with Crippen LogP contribution in [0.25, 0.3) is 11.3 Å². The number of aromatic nitrogens is 1. The van der Waals surface area contributed by atoms with E-state index in [4.69, 9.17) is 55.9 Å². The third kappa shape index (κ3) is 6.25. The number of benzene rings is 3. The standard InChI is InChI=1S/C24H15Cl4N3O3S/c1-33-22-8-13(2-7-21(22)34-23(32)17-6-4-15(26)10-19(17)28)11-29-31-24-30-20(12-35-24)16-5-3-14(25)9-18(16)27/h2-12H,1H3,(H,30,31)/b29-11-. The molecule has 1 heterocycles. The maximum Gasteiger partial charge on any atom is 0.345 e. The van der Waals surface area contributed by atoms with Gasteiger partial charge in [-0.25, -0.2) is 9.78 Å². The fourth-order valence-corrected chi connectivity index (χ4v) is 4.62. The van der Waals surface area contributed by atoms with Crippen LogP contribution in [0.3, 0.4) is 0 Å². The fraction of sp³-hybridized carbons (Fsp3) is 0.0417. The second kappa shape index (κ2) is 11.3. The third-order valence-corrected chi connectivity index (χ3v) is 6.47. The van der Waals surface area contributed by atoms with Crippen molar-refractivity contribution in [1.82, 2.24) is 4.98 Å². The molecular formula is C24H15Cl4N3O3S. The van der Waals surface area contributed by atoms with Crippen molar-refractivity contribution < 1.29 is 14.3 Å². The number of nitrogens with one attached hydrogen (secondary N) is 1. The average Bonchev–Trinajstić information content (AvgIpc) is 3.28. The number of halogens is 4. The van der Waals surface area contributed by atoms with Crippen LogP contribution in [-0.4, -0.2) is 24.3 Å². The largest absolute Gasteiger partial charge is 0.493 e. The zero-order valence-electron chi connectivity index (χ0n) is 17.9. The molecule has 4 rings (SSSR count). The van der Waals surface area contributed by atoms with Crippen molar-refractivity contribution in [3.63, 3.8) is 0 Å². The van der Waals surface area contributed by atoms with E-state index in [1.165, 1.54) is 30.6 Å². The molecule has 1 N–H and O–H groups in total. The summed E-state index contributed by atoms with van der Waals surface area (Å²) in [5.74, 6) is -0.0484. The lowest BCUT2D eigenvalue weighted by atomic mass is 10.2. The van der Waals surface area contributed by atoms with Gasteiger partial charge >= 0.3 is 5.97 Å². The minimum Gasteiger partial charge on any atom is -0.493 e. The van der Waals surface area contributed by atoms with Crippen molar-refractivity contribution >= 4 is 75.1 Å². The molecule has 3 aromatic carbocycles. The molecule has 11 heteroatoms. The molecule has 0 atom stereocenters. The van der Waals surface area contributed by atoms with Crippen LogP contribution in [0.1, 0.15) is 15.9 Å². The van der Waals surface area contributed by atoms with Gasteiger partial charge in [-0.1, -0.05) is 46.4 Å². The van der Waals surface area contributed by atoms with Crippen LogP contribution >= 0.6 is 57.7 Å². The van der Waals surface area contributed by atoms with Crippen molar-refractivity contribution in [2.24, 2.45) is 5.10 Å². The monoisotopic (exact) mass is 565 g/mol. The number of hydrogen-bond acceptors (Lipinski definition) is 7. The second-order valence-corrected chi connectivity index (χ2v) is 9.50. The van der Waals surface area contributed by atoms with Crippen LogP contribution in [-0.2, 0) is 0 Å². The number of nitrogens with zero attached hydrogens (tertiary/aromatic N) is 2. The lowest BCUT2D eigenvalue weighted by Gasteiger charge is -2.10. The Kier molecular flexibility index (Phi) is 8.15. The molecule has 0 saturated heterocycles. The molecule has 35 heavy (non-hydrogen) atoms. The quantitative estimate of drug-likeness (QED) is 0.106. The number of rotatable bonds is 7. The first-order chi connectivity index (χ1) is 16.8. The Morgan fingerprint density at radius 1 is 0.971 bits per heavy atom. The molecule has 0 radical (unpaired) electrons. The van der Waals surface area contributed by atoms with Crippen LogP contribution in [0.4, 0.5) is 5.13 Å². The number of methoxy groups -OCH3 is 1. The van der Waals surface area contributed by atoms with Gasteiger partial charge in [-0.15, -0.1) is 11.3 Å². The first kappa shape index (κ1) is 25.3. The SMILES string of the molecule is COc1cc(/C=N\Nc2nc(-c3ccc(Cl)cc3Cl)cs2)ccc1OC(=O)c1ccc(Cl)cc1Cl. The Balaban J connectivity index is 1.43. The summed E-state index contributed by atoms with van der Waals surface area (Å²) in [6.45, 7) is 0. The maximum absolute atomic E-state index is 12.5. The van der Waals surface area contributed by atoms with Crippen LogP contribution in [0, 0.1) is 0 Å². The summed E-state index contributed by atoms with van der Waals surface area (Å²) in [4.78, 5) is 17.0. The molecule has 0 unspecified atom stereocenters. The smallest absolute Gasteiger partial charge is 0.345 e. The number of ether oxygens (including phenoxy) is 2. The van der Waals surface area contributed by atoms with E-state index in [-0.39, 0.29) is 16.3 Å². The topological polar surface area (TPSA) is 72.8 Å². The highest BCUT2D eigenvalue weighted by atomic mass is 35.5. The van der Waals surface area contributed by atoms with Gasteiger partial charge < -0.3 is 9.47 Å². The van der Waals surface area contributed by atoms with E-state index in [0.29, 0.717) is 37.2 Å². The zero-order valence-corrected chi connectivity index (χ0v) is 21.7. The van der Waals surface area contributed by atoms with E-state index in [9.17, 15) is 4.79 Å². The normalized spacial score (nSPS) is 11.0. The summed E-state index contributed by atoms with van der Waals surface area (Å²) < 4.78 is 10.8. The maximum atomic E-state index is 12.5. The summed E-state index contributed by atoms with van der Waals surface area (Å²) in [7, 11) is 1.47. The van der Waals surface area contributed by atoms with Crippen LogP contribution in [0.2, 0.25) is 20.1 Å². The number of carbonyl (C=O) groups excluding carboxylic acids is 1. The van der Waals surface area contributed by atoms with Gasteiger partial charge in [0.2, 0.25) is 5.13 Å². The Labute approximate surface area is 225 Å². The molecule has 0 aliphatic heterocycles. The van der Waals surface area contributed by atoms with Crippen molar-refractivity contribution in [3.8, 4) is 22.8 Å². The van der Waals surface area contributed by atoms with Gasteiger partial charge in [0.05, 0.1) is 34.6 Å². The minimum absolute atomic E-state index is 0.190. The Morgan fingerprint density at radius 2 is 1.71 bits per heavy atom. The number of hydrogen-bond donors (Lipinski definition) is 1. The van der Waals surface area contributed by atoms with E-state index in [1.807, 2.05) is 11.4 Å². The van der Waals surface area contributed by atoms with Gasteiger partial charge in [0, 0.05) is 21.0 Å². The number of esters is 1. The lowest BCUT2D eigenvalue weighted by molar-refractivity contribution is 0.0730. The third-order valence-electron chi connectivity index (χ3n) is 4.63. The van der Waals surface area contributed by atoms with Crippen molar-refractivity contribution in [1.29, 1.82) is 0 Å². The van der Waals surface area contributed by atoms with Gasteiger partial charge in [0.1, 0.15) is 0 Å². The molecule has 178 valence electrons. The van der Waals surface area contributed by atoms with Crippen molar-refractivity contribution in [3.05, 3.63) is 91.2 Å². The zero-order chi connectivity index (χ0) is 24.9.